The van der Waals surface area contributed by atoms with Crippen LogP contribution in [0.25, 0.3) is 10.9 Å². The number of carbonyl (C=O) groups is 3. The third kappa shape index (κ3) is 3.34. The number of hydrogen-bond donors (Lipinski definition) is 4. The Labute approximate surface area is 147 Å². The number of halogens is 1. The minimum Gasteiger partial charge on any atom is -0.480 e. The molecule has 2 heterocycles. The third-order valence-electron chi connectivity index (χ3n) is 4.07. The minimum absolute atomic E-state index is 0.0755. The average molecular weight is 357 g/mol. The first kappa shape index (κ1) is 17.4. The number of fused-ring (bicyclic) bond motifs is 1. The van der Waals surface area contributed by atoms with Gasteiger partial charge >= 0.3 is 5.97 Å². The molecule has 8 heteroatoms. The van der Waals surface area contributed by atoms with Gasteiger partial charge in [-0.2, -0.15) is 0 Å². The van der Waals surface area contributed by atoms with Gasteiger partial charge in [0, 0.05) is 30.4 Å². The molecule has 3 rings (SSSR count). The molecule has 0 bridgehead atoms. The number of carbonyl (C=O) groups excluding carboxylic acids is 2. The zero-order chi connectivity index (χ0) is 18.8. The summed E-state index contributed by atoms with van der Waals surface area (Å²) in [5.41, 5.74) is 1.32. The molecule has 0 aliphatic rings. The number of carboxylic acids is 1. The van der Waals surface area contributed by atoms with Crippen molar-refractivity contribution in [2.24, 2.45) is 0 Å². The molecule has 0 aliphatic carbocycles. The van der Waals surface area contributed by atoms with Crippen LogP contribution in [0.4, 0.5) is 4.39 Å². The van der Waals surface area contributed by atoms with E-state index in [-0.39, 0.29) is 23.6 Å². The zero-order valence-corrected chi connectivity index (χ0v) is 13.8. The van der Waals surface area contributed by atoms with Gasteiger partial charge in [0.05, 0.1) is 5.69 Å². The molecule has 0 saturated carbocycles. The second-order valence-corrected chi connectivity index (χ2v) is 5.89. The summed E-state index contributed by atoms with van der Waals surface area (Å²) >= 11 is 0. The maximum absolute atomic E-state index is 14.0. The number of H-pyrrole nitrogens is 2. The first-order chi connectivity index (χ1) is 12.4. The van der Waals surface area contributed by atoms with Crippen LogP contribution in [-0.2, 0) is 11.2 Å². The van der Waals surface area contributed by atoms with E-state index in [1.807, 2.05) is 0 Å². The van der Waals surface area contributed by atoms with Gasteiger partial charge in [-0.05, 0) is 29.8 Å². The van der Waals surface area contributed by atoms with Crippen molar-refractivity contribution in [2.45, 2.75) is 19.4 Å². The Bertz CT molecular complexity index is 1000. The van der Waals surface area contributed by atoms with E-state index in [4.69, 9.17) is 0 Å². The van der Waals surface area contributed by atoms with Crippen LogP contribution in [0.15, 0.2) is 36.5 Å². The molecule has 7 nitrogen and oxygen atoms in total. The van der Waals surface area contributed by atoms with Gasteiger partial charge in [-0.3, -0.25) is 9.59 Å². The quantitative estimate of drug-likeness (QED) is 0.507. The normalized spacial score (nSPS) is 12.1. The van der Waals surface area contributed by atoms with E-state index in [0.717, 1.165) is 0 Å². The SMILES string of the molecule is CC(=O)c1ccc(C(=O)NC(Cc2c[nH]c3cccc(F)c23)C(=O)O)[nH]1. The summed E-state index contributed by atoms with van der Waals surface area (Å²) in [6, 6.07) is 6.10. The van der Waals surface area contributed by atoms with Crippen LogP contribution in [-0.4, -0.2) is 38.8 Å². The number of hydrogen-bond acceptors (Lipinski definition) is 3. The maximum atomic E-state index is 14.0. The molecule has 0 aliphatic heterocycles. The number of aliphatic carboxylic acids is 1. The molecule has 1 aromatic carbocycles. The van der Waals surface area contributed by atoms with Crippen molar-refractivity contribution in [3.8, 4) is 0 Å². The number of aromatic amines is 2. The molecule has 4 N–H and O–H groups in total. The Balaban J connectivity index is 1.81. The molecule has 0 saturated heterocycles. The van der Waals surface area contributed by atoms with Crippen LogP contribution in [0.1, 0.15) is 33.5 Å². The van der Waals surface area contributed by atoms with Gasteiger partial charge in [0.25, 0.3) is 5.91 Å². The number of ketones is 1. The van der Waals surface area contributed by atoms with Gasteiger partial charge in [-0.1, -0.05) is 6.07 Å². The first-order valence-corrected chi connectivity index (χ1v) is 7.85. The number of Topliss-reactive ketones (excluding diaryl/α,β-unsaturated/α-hetero) is 1. The summed E-state index contributed by atoms with van der Waals surface area (Å²) in [5.74, 6) is -2.62. The van der Waals surface area contributed by atoms with E-state index in [0.29, 0.717) is 16.5 Å². The zero-order valence-electron chi connectivity index (χ0n) is 13.8. The van der Waals surface area contributed by atoms with E-state index in [1.165, 1.54) is 31.3 Å². The fraction of sp³-hybridized carbons (Fsp3) is 0.167. The lowest BCUT2D eigenvalue weighted by Gasteiger charge is -2.14. The van der Waals surface area contributed by atoms with Crippen LogP contribution < -0.4 is 5.32 Å². The third-order valence-corrected chi connectivity index (χ3v) is 4.07. The molecule has 1 amide bonds. The highest BCUT2D eigenvalue weighted by Gasteiger charge is 2.24. The van der Waals surface area contributed by atoms with Gasteiger partial charge in [0.1, 0.15) is 17.6 Å². The van der Waals surface area contributed by atoms with E-state index in [9.17, 15) is 23.9 Å². The van der Waals surface area contributed by atoms with Gasteiger partial charge in [-0.25, -0.2) is 9.18 Å². The molecule has 1 unspecified atom stereocenters. The van der Waals surface area contributed by atoms with E-state index in [1.54, 1.807) is 12.1 Å². The van der Waals surface area contributed by atoms with E-state index >= 15 is 0 Å². The second kappa shape index (κ2) is 6.83. The van der Waals surface area contributed by atoms with E-state index < -0.39 is 23.7 Å². The smallest absolute Gasteiger partial charge is 0.326 e. The fourth-order valence-corrected chi connectivity index (χ4v) is 2.76. The van der Waals surface area contributed by atoms with E-state index in [2.05, 4.69) is 15.3 Å². The second-order valence-electron chi connectivity index (χ2n) is 5.89. The predicted octanol–water partition coefficient (Wildman–Crippen LogP) is 2.26. The lowest BCUT2D eigenvalue weighted by atomic mass is 10.0. The number of rotatable bonds is 6. The minimum atomic E-state index is -1.26. The Morgan fingerprint density at radius 3 is 2.58 bits per heavy atom. The number of benzene rings is 1. The highest BCUT2D eigenvalue weighted by Crippen LogP contribution is 2.22. The van der Waals surface area contributed by atoms with Crippen molar-refractivity contribution >= 4 is 28.6 Å². The molecule has 0 spiro atoms. The Hall–Kier alpha value is -3.42. The van der Waals surface area contributed by atoms with Gasteiger partial charge in [0.15, 0.2) is 5.78 Å². The summed E-state index contributed by atoms with van der Waals surface area (Å²) < 4.78 is 14.0. The average Bonchev–Trinajstić information content (AvgIpc) is 3.22. The van der Waals surface area contributed by atoms with Crippen molar-refractivity contribution < 1.29 is 23.9 Å². The van der Waals surface area contributed by atoms with Crippen molar-refractivity contribution in [3.63, 3.8) is 0 Å². The van der Waals surface area contributed by atoms with Crippen molar-refractivity contribution in [1.82, 2.24) is 15.3 Å². The van der Waals surface area contributed by atoms with Crippen LogP contribution in [0.5, 0.6) is 0 Å². The molecule has 2 aromatic heterocycles. The number of amides is 1. The lowest BCUT2D eigenvalue weighted by Crippen LogP contribution is -2.42. The largest absolute Gasteiger partial charge is 0.480 e. The lowest BCUT2D eigenvalue weighted by molar-refractivity contribution is -0.139. The highest BCUT2D eigenvalue weighted by molar-refractivity contribution is 5.98. The number of nitrogens with one attached hydrogen (secondary N) is 3. The monoisotopic (exact) mass is 357 g/mol. The molecule has 0 radical (unpaired) electrons. The van der Waals surface area contributed by atoms with Crippen LogP contribution >= 0.6 is 0 Å². The Kier molecular flexibility index (Phi) is 4.57. The Morgan fingerprint density at radius 2 is 1.92 bits per heavy atom. The van der Waals surface area contributed by atoms with Gasteiger partial charge in [0.2, 0.25) is 0 Å². The van der Waals surface area contributed by atoms with Crippen molar-refractivity contribution in [3.05, 3.63) is 59.3 Å². The molecular weight excluding hydrogens is 341 g/mol. The predicted molar refractivity (Wildman–Crippen MR) is 91.6 cm³/mol. The summed E-state index contributed by atoms with van der Waals surface area (Å²) in [6.45, 7) is 1.35. The van der Waals surface area contributed by atoms with Crippen LogP contribution in [0, 0.1) is 5.82 Å². The number of aromatic nitrogens is 2. The fourth-order valence-electron chi connectivity index (χ4n) is 2.76. The first-order valence-electron chi connectivity index (χ1n) is 7.85. The summed E-state index contributed by atoms with van der Waals surface area (Å²) in [4.78, 5) is 40.6. The van der Waals surface area contributed by atoms with Crippen LogP contribution in [0.2, 0.25) is 0 Å². The van der Waals surface area contributed by atoms with Crippen molar-refractivity contribution in [1.29, 1.82) is 0 Å². The number of carboxylic acid groups (broad SMARTS) is 1. The molecule has 1 atom stereocenters. The Morgan fingerprint density at radius 1 is 1.19 bits per heavy atom. The molecular formula is C18H16FN3O4. The topological polar surface area (TPSA) is 115 Å². The standard InChI is InChI=1S/C18H16FN3O4/c1-9(23)12-5-6-14(21-12)17(24)22-15(18(25)26)7-10-8-20-13-4-2-3-11(19)16(10)13/h2-6,8,15,20-21H,7H2,1H3,(H,22,24)(H,25,26). The molecule has 0 fully saturated rings. The van der Waals surface area contributed by atoms with Crippen LogP contribution in [0.3, 0.4) is 0 Å². The van der Waals surface area contributed by atoms with Gasteiger partial charge < -0.3 is 20.4 Å². The summed E-state index contributed by atoms with van der Waals surface area (Å²) in [6.07, 6.45) is 1.43. The maximum Gasteiger partial charge on any atom is 0.326 e. The molecule has 3 aromatic rings. The summed E-state index contributed by atoms with van der Waals surface area (Å²) in [5, 5.41) is 12.1. The highest BCUT2D eigenvalue weighted by atomic mass is 19.1. The van der Waals surface area contributed by atoms with Gasteiger partial charge in [-0.15, -0.1) is 0 Å². The molecule has 134 valence electrons. The van der Waals surface area contributed by atoms with Crippen molar-refractivity contribution in [2.75, 3.05) is 0 Å². The summed E-state index contributed by atoms with van der Waals surface area (Å²) in [7, 11) is 0. The molecule has 26 heavy (non-hydrogen) atoms.